The maximum Gasteiger partial charge on any atom is 0.328 e. The number of rotatable bonds is 6. The van der Waals surface area contributed by atoms with Crippen molar-refractivity contribution in [3.63, 3.8) is 0 Å². The quantitative estimate of drug-likeness (QED) is 0.562. The highest BCUT2D eigenvalue weighted by Gasteiger charge is 2.23. The fraction of sp³-hybridized carbons (Fsp3) is 0.600. The molecule has 0 heterocycles. The van der Waals surface area contributed by atoms with Gasteiger partial charge in [0.1, 0.15) is 0 Å². The van der Waals surface area contributed by atoms with Crippen LogP contribution < -0.4 is 5.32 Å². The van der Waals surface area contributed by atoms with E-state index in [0.717, 1.165) is 0 Å². The number of hydrogen-bond acceptors (Lipinski definition) is 3. The van der Waals surface area contributed by atoms with Crippen LogP contribution in [0, 0.1) is 0 Å². The Hall–Kier alpha value is -1.56. The molecule has 0 unspecified atom stereocenters. The van der Waals surface area contributed by atoms with Gasteiger partial charge in [-0.1, -0.05) is 6.08 Å². The Morgan fingerprint density at radius 1 is 1.50 bits per heavy atom. The van der Waals surface area contributed by atoms with Crippen LogP contribution in [0.4, 0.5) is 4.79 Å². The summed E-state index contributed by atoms with van der Waals surface area (Å²) in [5, 5.41) is 19.6. The summed E-state index contributed by atoms with van der Waals surface area (Å²) in [6, 6.07) is -1.89. The first-order chi connectivity index (χ1) is 7.43. The standard InChI is InChI=1S/C10H18N2O4/c1-4-5-12(7(2)3)10(16)11-8(6-13)9(14)15/h4,7-8,13H,1,5-6H2,2-3H3,(H,11,16)(H,14,15)/t8-/m1/s1. The molecule has 0 fully saturated rings. The highest BCUT2D eigenvalue weighted by molar-refractivity contribution is 5.82. The Morgan fingerprint density at radius 2 is 2.06 bits per heavy atom. The third-order valence-corrected chi connectivity index (χ3v) is 1.99. The SMILES string of the molecule is C=CCN(C(=O)N[C@H](CO)C(=O)O)C(C)C. The zero-order chi connectivity index (χ0) is 12.7. The smallest absolute Gasteiger partial charge is 0.328 e. The molecule has 16 heavy (non-hydrogen) atoms. The van der Waals surface area contributed by atoms with Crippen LogP contribution in [0.1, 0.15) is 13.8 Å². The summed E-state index contributed by atoms with van der Waals surface area (Å²) < 4.78 is 0. The lowest BCUT2D eigenvalue weighted by Crippen LogP contribution is -2.51. The van der Waals surface area contributed by atoms with Gasteiger partial charge in [0.2, 0.25) is 0 Å². The molecule has 0 aromatic carbocycles. The number of aliphatic hydroxyl groups excluding tert-OH is 1. The van der Waals surface area contributed by atoms with Crippen molar-refractivity contribution in [3.05, 3.63) is 12.7 Å². The fourth-order valence-electron chi connectivity index (χ4n) is 1.08. The molecule has 0 aliphatic carbocycles. The van der Waals surface area contributed by atoms with Gasteiger partial charge < -0.3 is 20.4 Å². The molecule has 0 spiro atoms. The lowest BCUT2D eigenvalue weighted by Gasteiger charge is -2.26. The predicted octanol–water partition coefficient (Wildman–Crippen LogP) is 0.0379. The summed E-state index contributed by atoms with van der Waals surface area (Å²) in [5.41, 5.74) is 0. The minimum atomic E-state index is -1.28. The number of aliphatic hydroxyl groups is 1. The molecule has 0 rings (SSSR count). The van der Waals surface area contributed by atoms with Gasteiger partial charge in [-0.25, -0.2) is 9.59 Å². The fourth-order valence-corrected chi connectivity index (χ4v) is 1.08. The molecule has 6 heteroatoms. The number of hydrogen-bond donors (Lipinski definition) is 3. The van der Waals surface area contributed by atoms with Crippen molar-refractivity contribution in [2.45, 2.75) is 25.9 Å². The maximum atomic E-state index is 11.6. The summed E-state index contributed by atoms with van der Waals surface area (Å²) in [6.07, 6.45) is 1.55. The van der Waals surface area contributed by atoms with Crippen molar-refractivity contribution in [2.75, 3.05) is 13.2 Å². The molecule has 1 atom stereocenters. The van der Waals surface area contributed by atoms with Gasteiger partial charge in [-0.3, -0.25) is 0 Å². The van der Waals surface area contributed by atoms with E-state index in [-0.39, 0.29) is 6.04 Å². The van der Waals surface area contributed by atoms with Gasteiger partial charge in [0.15, 0.2) is 6.04 Å². The first-order valence-corrected chi connectivity index (χ1v) is 4.95. The van der Waals surface area contributed by atoms with E-state index in [4.69, 9.17) is 10.2 Å². The van der Waals surface area contributed by atoms with Crippen LogP contribution in [0.15, 0.2) is 12.7 Å². The molecule has 0 saturated carbocycles. The van der Waals surface area contributed by atoms with Gasteiger partial charge in [0.05, 0.1) is 6.61 Å². The zero-order valence-electron chi connectivity index (χ0n) is 9.51. The third-order valence-electron chi connectivity index (χ3n) is 1.99. The van der Waals surface area contributed by atoms with Crippen LogP contribution in [0.2, 0.25) is 0 Å². The topological polar surface area (TPSA) is 89.9 Å². The minimum Gasteiger partial charge on any atom is -0.480 e. The van der Waals surface area contributed by atoms with Gasteiger partial charge in [0, 0.05) is 12.6 Å². The van der Waals surface area contributed by atoms with Gasteiger partial charge >= 0.3 is 12.0 Å². The molecule has 0 aromatic heterocycles. The molecule has 0 bridgehead atoms. The van der Waals surface area contributed by atoms with Crippen LogP contribution in [0.25, 0.3) is 0 Å². The second-order valence-electron chi connectivity index (χ2n) is 3.56. The second-order valence-corrected chi connectivity index (χ2v) is 3.56. The number of nitrogens with one attached hydrogen (secondary N) is 1. The van der Waals surface area contributed by atoms with E-state index in [2.05, 4.69) is 11.9 Å². The Labute approximate surface area is 94.6 Å². The maximum absolute atomic E-state index is 11.6. The van der Waals surface area contributed by atoms with E-state index in [0.29, 0.717) is 6.54 Å². The summed E-state index contributed by atoms with van der Waals surface area (Å²) in [4.78, 5) is 23.7. The van der Waals surface area contributed by atoms with Crippen molar-refractivity contribution in [2.24, 2.45) is 0 Å². The van der Waals surface area contributed by atoms with Gasteiger partial charge in [-0.2, -0.15) is 0 Å². The molecule has 6 nitrogen and oxygen atoms in total. The number of carbonyl (C=O) groups is 2. The van der Waals surface area contributed by atoms with Crippen LogP contribution in [-0.4, -0.2) is 52.3 Å². The minimum absolute atomic E-state index is 0.0777. The highest BCUT2D eigenvalue weighted by Crippen LogP contribution is 1.99. The normalized spacial score (nSPS) is 12.0. The van der Waals surface area contributed by atoms with Gasteiger partial charge in [-0.15, -0.1) is 6.58 Å². The number of carboxylic acids is 1. The van der Waals surface area contributed by atoms with Crippen molar-refractivity contribution < 1.29 is 19.8 Å². The summed E-state index contributed by atoms with van der Waals surface area (Å²) in [6.45, 7) is 6.80. The first-order valence-electron chi connectivity index (χ1n) is 4.95. The summed E-state index contributed by atoms with van der Waals surface area (Å²) in [7, 11) is 0. The lowest BCUT2D eigenvalue weighted by atomic mass is 10.3. The number of amides is 2. The molecule has 0 aliphatic heterocycles. The van der Waals surface area contributed by atoms with Crippen LogP contribution >= 0.6 is 0 Å². The lowest BCUT2D eigenvalue weighted by molar-refractivity contribution is -0.140. The van der Waals surface area contributed by atoms with Gasteiger partial charge in [-0.05, 0) is 13.8 Å². The predicted molar refractivity (Wildman–Crippen MR) is 59.1 cm³/mol. The third kappa shape index (κ3) is 4.31. The van der Waals surface area contributed by atoms with Crippen LogP contribution in [0.5, 0.6) is 0 Å². The van der Waals surface area contributed by atoms with E-state index < -0.39 is 24.6 Å². The molecule has 2 amide bonds. The van der Waals surface area contributed by atoms with E-state index in [1.54, 1.807) is 19.9 Å². The van der Waals surface area contributed by atoms with Crippen molar-refractivity contribution >= 4 is 12.0 Å². The molecule has 0 saturated heterocycles. The first kappa shape index (κ1) is 14.4. The van der Waals surface area contributed by atoms with E-state index in [9.17, 15) is 9.59 Å². The van der Waals surface area contributed by atoms with Gasteiger partial charge in [0.25, 0.3) is 0 Å². The van der Waals surface area contributed by atoms with Crippen LogP contribution in [0.3, 0.4) is 0 Å². The average Bonchev–Trinajstić information content (AvgIpc) is 2.21. The number of urea groups is 1. The highest BCUT2D eigenvalue weighted by atomic mass is 16.4. The Morgan fingerprint density at radius 3 is 2.38 bits per heavy atom. The molecule has 0 aromatic rings. The summed E-state index contributed by atoms with van der Waals surface area (Å²) >= 11 is 0. The molecule has 0 aliphatic rings. The molecule has 0 radical (unpaired) electrons. The molecule has 3 N–H and O–H groups in total. The number of carbonyl (C=O) groups excluding carboxylic acids is 1. The monoisotopic (exact) mass is 230 g/mol. The van der Waals surface area contributed by atoms with Crippen molar-refractivity contribution in [3.8, 4) is 0 Å². The number of nitrogens with zero attached hydrogens (tertiary/aromatic N) is 1. The molecule has 92 valence electrons. The number of aliphatic carboxylic acids is 1. The van der Waals surface area contributed by atoms with Crippen molar-refractivity contribution in [1.82, 2.24) is 10.2 Å². The average molecular weight is 230 g/mol. The number of carboxylic acid groups (broad SMARTS) is 1. The van der Waals surface area contributed by atoms with E-state index in [1.165, 1.54) is 4.90 Å². The van der Waals surface area contributed by atoms with E-state index in [1.807, 2.05) is 0 Å². The Bertz CT molecular complexity index is 266. The largest absolute Gasteiger partial charge is 0.480 e. The molecular formula is C10H18N2O4. The van der Waals surface area contributed by atoms with Crippen LogP contribution in [-0.2, 0) is 4.79 Å². The van der Waals surface area contributed by atoms with E-state index >= 15 is 0 Å². The second kappa shape index (κ2) is 6.84. The van der Waals surface area contributed by atoms with Crippen molar-refractivity contribution in [1.29, 1.82) is 0 Å². The summed E-state index contributed by atoms with van der Waals surface area (Å²) in [5.74, 6) is -1.27. The molecular weight excluding hydrogens is 212 g/mol. The zero-order valence-corrected chi connectivity index (χ0v) is 9.51. The Kier molecular flexibility index (Phi) is 6.17. The Balaban J connectivity index is 4.50.